The van der Waals surface area contributed by atoms with Gasteiger partial charge in [-0.1, -0.05) is 64.9 Å². The lowest BCUT2D eigenvalue weighted by atomic mass is 10.1. The van der Waals surface area contributed by atoms with Crippen molar-refractivity contribution < 1.29 is 32.2 Å². The summed E-state index contributed by atoms with van der Waals surface area (Å²) in [5.41, 5.74) is 0.855. The summed E-state index contributed by atoms with van der Waals surface area (Å²) < 4.78 is 53.7. The van der Waals surface area contributed by atoms with Gasteiger partial charge < -0.3 is 9.47 Å². The molecule has 0 bridgehead atoms. The molecule has 3 aromatic rings. The van der Waals surface area contributed by atoms with Crippen LogP contribution in [0.3, 0.4) is 0 Å². The van der Waals surface area contributed by atoms with Crippen molar-refractivity contribution >= 4 is 11.9 Å². The van der Waals surface area contributed by atoms with Gasteiger partial charge in [-0.2, -0.15) is 8.78 Å². The second-order valence-electron chi connectivity index (χ2n) is 9.64. The lowest BCUT2D eigenvalue weighted by Crippen LogP contribution is -2.13. The van der Waals surface area contributed by atoms with E-state index in [9.17, 15) is 22.8 Å². The number of halogens is 3. The largest absolute Gasteiger partial charge is 0.423 e. The highest BCUT2D eigenvalue weighted by atomic mass is 19.2. The van der Waals surface area contributed by atoms with Gasteiger partial charge in [0.05, 0.1) is 5.56 Å². The molecule has 0 atom stereocenters. The molecule has 2 aromatic carbocycles. The third kappa shape index (κ3) is 8.89. The zero-order valence-corrected chi connectivity index (χ0v) is 23.0. The summed E-state index contributed by atoms with van der Waals surface area (Å²) in [5.74, 6) is -6.93. The molecular weight excluding hydrogens is 521 g/mol. The Kier molecular flexibility index (Phi) is 12.1. The van der Waals surface area contributed by atoms with Gasteiger partial charge in [-0.05, 0) is 49.1 Å². The third-order valence-electron chi connectivity index (χ3n) is 6.39. The number of unbranched alkanes of at least 4 members (excludes halogenated alkanes) is 7. The maximum Gasteiger partial charge on any atom is 0.346 e. The molecule has 0 unspecified atom stereocenters. The molecule has 1 aromatic heterocycles. The van der Waals surface area contributed by atoms with Crippen molar-refractivity contribution in [2.45, 2.75) is 84.5 Å². The van der Waals surface area contributed by atoms with Gasteiger partial charge in [-0.25, -0.2) is 19.2 Å². The van der Waals surface area contributed by atoms with Crippen molar-refractivity contribution in [2.75, 3.05) is 0 Å². The first-order chi connectivity index (χ1) is 19.3. The van der Waals surface area contributed by atoms with Gasteiger partial charge in [0.25, 0.3) is 0 Å². The Labute approximate surface area is 233 Å². The van der Waals surface area contributed by atoms with E-state index in [0.717, 1.165) is 75.1 Å². The smallest absolute Gasteiger partial charge is 0.346 e. The molecule has 6 nitrogen and oxygen atoms in total. The predicted molar refractivity (Wildman–Crippen MR) is 146 cm³/mol. The number of nitrogens with zero attached hydrogens (tertiary/aromatic N) is 2. The Balaban J connectivity index is 1.61. The average molecular weight is 557 g/mol. The fourth-order valence-electron chi connectivity index (χ4n) is 4.08. The van der Waals surface area contributed by atoms with Crippen molar-refractivity contribution in [1.29, 1.82) is 0 Å². The molecule has 9 heteroatoms. The van der Waals surface area contributed by atoms with E-state index < -0.39 is 46.5 Å². The number of aryl methyl sites for hydroxylation is 1. The minimum absolute atomic E-state index is 0.0744. The maximum atomic E-state index is 14.8. The molecule has 0 aliphatic carbocycles. The van der Waals surface area contributed by atoms with Crippen LogP contribution in [-0.4, -0.2) is 21.9 Å². The molecule has 1 heterocycles. The SMILES string of the molecule is CCCCCCCC(=O)Oc1ccc(OC(=O)c2ccc(-c3ncc(CCCCCC)cn3)cc2F)c(F)c1F. The normalized spacial score (nSPS) is 10.9. The Morgan fingerprint density at radius 3 is 1.98 bits per heavy atom. The molecule has 0 saturated heterocycles. The van der Waals surface area contributed by atoms with E-state index in [0.29, 0.717) is 12.0 Å². The molecule has 0 spiro atoms. The van der Waals surface area contributed by atoms with E-state index in [-0.39, 0.29) is 12.2 Å². The summed E-state index contributed by atoms with van der Waals surface area (Å²) in [5, 5.41) is 0. The van der Waals surface area contributed by atoms with Crippen LogP contribution >= 0.6 is 0 Å². The monoisotopic (exact) mass is 556 g/mol. The van der Waals surface area contributed by atoms with E-state index in [4.69, 9.17) is 9.47 Å². The van der Waals surface area contributed by atoms with Crippen LogP contribution in [0.15, 0.2) is 42.7 Å². The Hall–Kier alpha value is -3.75. The molecule has 0 aliphatic rings. The van der Waals surface area contributed by atoms with E-state index in [2.05, 4.69) is 23.8 Å². The molecule has 0 N–H and O–H groups in total. The standard InChI is InChI=1S/C31H35F3N2O4/c1-3-5-7-9-11-13-27(37)39-25-16-17-26(29(34)28(25)33)40-31(38)23-15-14-22(18-24(23)32)30-35-19-21(20-36-30)12-10-8-6-4-2/h14-20H,3-13H2,1-2H3. The number of ether oxygens (including phenoxy) is 2. The molecule has 0 fully saturated rings. The minimum atomic E-state index is -1.53. The van der Waals surface area contributed by atoms with Gasteiger partial charge in [-0.15, -0.1) is 0 Å². The first-order valence-corrected chi connectivity index (χ1v) is 13.9. The van der Waals surface area contributed by atoms with Crippen LogP contribution in [0, 0.1) is 17.5 Å². The topological polar surface area (TPSA) is 78.4 Å². The van der Waals surface area contributed by atoms with E-state index in [1.807, 2.05) is 0 Å². The van der Waals surface area contributed by atoms with Crippen LogP contribution < -0.4 is 9.47 Å². The van der Waals surface area contributed by atoms with E-state index in [1.54, 1.807) is 12.4 Å². The van der Waals surface area contributed by atoms with Crippen LogP contribution in [0.2, 0.25) is 0 Å². The highest BCUT2D eigenvalue weighted by molar-refractivity contribution is 5.92. The fraction of sp³-hybridized carbons (Fsp3) is 0.419. The summed E-state index contributed by atoms with van der Waals surface area (Å²) in [4.78, 5) is 33.1. The zero-order chi connectivity index (χ0) is 28.9. The lowest BCUT2D eigenvalue weighted by molar-refractivity contribution is -0.134. The summed E-state index contributed by atoms with van der Waals surface area (Å²) in [7, 11) is 0. The fourth-order valence-corrected chi connectivity index (χ4v) is 4.08. The second kappa shape index (κ2) is 15.7. The molecule has 214 valence electrons. The molecule has 40 heavy (non-hydrogen) atoms. The van der Waals surface area contributed by atoms with Gasteiger partial charge in [0.15, 0.2) is 17.3 Å². The van der Waals surface area contributed by atoms with Crippen LogP contribution in [0.5, 0.6) is 11.5 Å². The van der Waals surface area contributed by atoms with E-state index >= 15 is 0 Å². The van der Waals surface area contributed by atoms with Crippen molar-refractivity contribution in [2.24, 2.45) is 0 Å². The lowest BCUT2D eigenvalue weighted by Gasteiger charge is -2.10. The summed E-state index contributed by atoms with van der Waals surface area (Å²) >= 11 is 0. The third-order valence-corrected chi connectivity index (χ3v) is 6.39. The quantitative estimate of drug-likeness (QED) is 0.107. The van der Waals surface area contributed by atoms with Crippen molar-refractivity contribution in [1.82, 2.24) is 9.97 Å². The van der Waals surface area contributed by atoms with Gasteiger partial charge in [0, 0.05) is 24.4 Å². The molecule has 3 rings (SSSR count). The second-order valence-corrected chi connectivity index (χ2v) is 9.64. The molecular formula is C31H35F3N2O4. The molecule has 0 aliphatic heterocycles. The Morgan fingerprint density at radius 1 is 0.750 bits per heavy atom. The summed E-state index contributed by atoms with van der Waals surface area (Å²) in [6.45, 7) is 4.22. The molecule has 0 saturated carbocycles. The Morgan fingerprint density at radius 2 is 1.35 bits per heavy atom. The molecule has 0 amide bonds. The van der Waals surface area contributed by atoms with Gasteiger partial charge in [0.1, 0.15) is 5.82 Å². The summed E-state index contributed by atoms with van der Waals surface area (Å²) in [6, 6.07) is 5.62. The van der Waals surface area contributed by atoms with Gasteiger partial charge >= 0.3 is 11.9 Å². The number of hydrogen-bond acceptors (Lipinski definition) is 6. The predicted octanol–water partition coefficient (Wildman–Crippen LogP) is 8.17. The highest BCUT2D eigenvalue weighted by Crippen LogP contribution is 2.29. The maximum absolute atomic E-state index is 14.8. The minimum Gasteiger partial charge on any atom is -0.423 e. The number of benzene rings is 2. The number of hydrogen-bond donors (Lipinski definition) is 0. The molecule has 0 radical (unpaired) electrons. The Bertz CT molecular complexity index is 1280. The number of aromatic nitrogens is 2. The highest BCUT2D eigenvalue weighted by Gasteiger charge is 2.22. The van der Waals surface area contributed by atoms with Crippen molar-refractivity contribution in [3.05, 3.63) is 71.3 Å². The average Bonchev–Trinajstić information content (AvgIpc) is 2.95. The van der Waals surface area contributed by atoms with Crippen LogP contribution in [0.4, 0.5) is 13.2 Å². The van der Waals surface area contributed by atoms with Gasteiger partial charge in [-0.3, -0.25) is 4.79 Å². The van der Waals surface area contributed by atoms with Crippen LogP contribution in [-0.2, 0) is 11.2 Å². The van der Waals surface area contributed by atoms with Crippen LogP contribution in [0.25, 0.3) is 11.4 Å². The first kappa shape index (κ1) is 30.8. The number of carbonyl (C=O) groups is 2. The number of rotatable bonds is 15. The van der Waals surface area contributed by atoms with E-state index in [1.165, 1.54) is 18.6 Å². The first-order valence-electron chi connectivity index (χ1n) is 13.9. The van der Waals surface area contributed by atoms with Crippen molar-refractivity contribution in [3.63, 3.8) is 0 Å². The van der Waals surface area contributed by atoms with Crippen LogP contribution in [0.1, 0.15) is 94.0 Å². The number of esters is 2. The number of carbonyl (C=O) groups excluding carboxylic acids is 2. The summed E-state index contributed by atoms with van der Waals surface area (Å²) in [6.07, 6.45) is 13.4. The van der Waals surface area contributed by atoms with Crippen molar-refractivity contribution in [3.8, 4) is 22.9 Å². The zero-order valence-electron chi connectivity index (χ0n) is 23.0. The van der Waals surface area contributed by atoms with Gasteiger partial charge in [0.2, 0.25) is 11.6 Å².